The highest BCUT2D eigenvalue weighted by molar-refractivity contribution is 6.35. The van der Waals surface area contributed by atoms with E-state index < -0.39 is 0 Å². The van der Waals surface area contributed by atoms with E-state index in [2.05, 4.69) is 21.2 Å². The first kappa shape index (κ1) is 25.7. The van der Waals surface area contributed by atoms with Crippen LogP contribution in [0.5, 0.6) is 0 Å². The van der Waals surface area contributed by atoms with Gasteiger partial charge in [-0.15, -0.1) is 0 Å². The van der Waals surface area contributed by atoms with Gasteiger partial charge in [-0.3, -0.25) is 9.59 Å². The molecule has 2 saturated heterocycles. The van der Waals surface area contributed by atoms with Crippen LogP contribution in [-0.2, 0) is 24.6 Å². The fourth-order valence-corrected chi connectivity index (χ4v) is 7.18. The molecule has 2 aromatic heterocycles. The van der Waals surface area contributed by atoms with Crippen molar-refractivity contribution in [1.29, 1.82) is 0 Å². The van der Waals surface area contributed by atoms with Gasteiger partial charge in [0.25, 0.3) is 11.1 Å². The van der Waals surface area contributed by atoms with Crippen LogP contribution in [0.15, 0.2) is 34.1 Å². The highest BCUT2D eigenvalue weighted by Gasteiger charge is 2.51. The molecular weight excluding hydrogens is 502 g/mol. The molecular formula is C29H36ClN5O3. The molecule has 2 aliphatic heterocycles. The second-order valence-corrected chi connectivity index (χ2v) is 12.1. The zero-order chi connectivity index (χ0) is 26.4. The Balaban J connectivity index is 0.984. The topological polar surface area (TPSA) is 82.2 Å². The predicted molar refractivity (Wildman–Crippen MR) is 148 cm³/mol. The maximum absolute atomic E-state index is 12.9. The number of nitrogens with zero attached hydrogens (tertiary/aromatic N) is 5. The lowest BCUT2D eigenvalue weighted by Gasteiger charge is -2.59. The van der Waals surface area contributed by atoms with E-state index in [-0.39, 0.29) is 17.3 Å². The zero-order valence-electron chi connectivity index (χ0n) is 22.3. The number of halogens is 1. The minimum Gasteiger partial charge on any atom is -0.356 e. The first-order valence-corrected chi connectivity index (χ1v) is 14.3. The maximum atomic E-state index is 12.9. The van der Waals surface area contributed by atoms with Gasteiger partial charge >= 0.3 is 0 Å². The number of aromatic nitrogens is 4. The molecule has 0 N–H and O–H groups in total. The molecule has 3 aliphatic rings. The van der Waals surface area contributed by atoms with Crippen molar-refractivity contribution in [3.8, 4) is 0 Å². The molecule has 8 nitrogen and oxygen atoms in total. The number of aryl methyl sites for hydroxylation is 2. The van der Waals surface area contributed by atoms with E-state index in [9.17, 15) is 9.59 Å². The van der Waals surface area contributed by atoms with Crippen LogP contribution < -0.4 is 11.1 Å². The quantitative estimate of drug-likeness (QED) is 0.452. The monoisotopic (exact) mass is 537 g/mol. The van der Waals surface area contributed by atoms with Crippen molar-refractivity contribution in [1.82, 2.24) is 24.5 Å². The Hall–Kier alpha value is -2.55. The number of likely N-dealkylation sites (tertiary alicyclic amines) is 1. The number of benzene rings is 1. The highest BCUT2D eigenvalue weighted by atomic mass is 35.5. The van der Waals surface area contributed by atoms with Gasteiger partial charge in [-0.2, -0.15) is 10.2 Å². The maximum Gasteiger partial charge on any atom is 0.275 e. The van der Waals surface area contributed by atoms with E-state index >= 15 is 0 Å². The van der Waals surface area contributed by atoms with Crippen molar-refractivity contribution in [2.75, 3.05) is 26.2 Å². The molecule has 1 spiro atoms. The summed E-state index contributed by atoms with van der Waals surface area (Å²) < 4.78 is 8.63. The zero-order valence-corrected chi connectivity index (χ0v) is 23.0. The van der Waals surface area contributed by atoms with Gasteiger partial charge in [0.05, 0.1) is 22.8 Å². The Morgan fingerprint density at radius 2 is 1.89 bits per heavy atom. The summed E-state index contributed by atoms with van der Waals surface area (Å²) in [6.07, 6.45) is 11.8. The lowest BCUT2D eigenvalue weighted by atomic mass is 9.56. The Morgan fingerprint density at radius 3 is 2.66 bits per heavy atom. The molecule has 0 bridgehead atoms. The van der Waals surface area contributed by atoms with E-state index in [1.165, 1.54) is 27.8 Å². The summed E-state index contributed by atoms with van der Waals surface area (Å²) >= 11 is 6.35. The van der Waals surface area contributed by atoms with Crippen LogP contribution in [0, 0.1) is 18.3 Å². The fourth-order valence-electron chi connectivity index (χ4n) is 6.93. The molecule has 38 heavy (non-hydrogen) atoms. The molecule has 9 heteroatoms. The van der Waals surface area contributed by atoms with Crippen LogP contribution in [0.2, 0.25) is 5.02 Å². The van der Waals surface area contributed by atoms with Crippen molar-refractivity contribution in [3.05, 3.63) is 66.9 Å². The van der Waals surface area contributed by atoms with E-state index in [0.717, 1.165) is 74.7 Å². The molecule has 3 aromatic rings. The normalized spacial score (nSPS) is 21.5. The Kier molecular flexibility index (Phi) is 6.91. The molecule has 202 valence electrons. The molecule has 0 amide bonds. The van der Waals surface area contributed by atoms with Gasteiger partial charge in [-0.25, -0.2) is 9.36 Å². The first-order chi connectivity index (χ1) is 18.3. The lowest BCUT2D eigenvalue weighted by Crippen LogP contribution is -2.62. The highest BCUT2D eigenvalue weighted by Crippen LogP contribution is 2.53. The summed E-state index contributed by atoms with van der Waals surface area (Å²) in [5, 5.41) is 10.6. The minimum atomic E-state index is -0.213. The van der Waals surface area contributed by atoms with Crippen molar-refractivity contribution in [3.63, 3.8) is 0 Å². The Morgan fingerprint density at radius 1 is 1.08 bits per heavy atom. The summed E-state index contributed by atoms with van der Waals surface area (Å²) in [5.74, 6) is 0.638. The Bertz CT molecular complexity index is 1460. The average Bonchev–Trinajstić information content (AvgIpc) is 2.87. The molecule has 1 saturated carbocycles. The van der Waals surface area contributed by atoms with E-state index in [0.29, 0.717) is 28.3 Å². The van der Waals surface area contributed by atoms with Crippen molar-refractivity contribution >= 4 is 22.4 Å². The van der Waals surface area contributed by atoms with Crippen molar-refractivity contribution < 1.29 is 4.74 Å². The summed E-state index contributed by atoms with van der Waals surface area (Å²) in [6.45, 7) is 5.99. The second-order valence-electron chi connectivity index (χ2n) is 11.7. The SMILES string of the molecule is Cc1c(CCCN2CC3(CC(Cc4ccc(Cl)c5c(=O)n(C)ncc45)C3)C2)cnn(C2CCCCO2)c1=O. The number of ether oxygens (including phenoxy) is 1. The van der Waals surface area contributed by atoms with E-state index in [4.69, 9.17) is 16.3 Å². The molecule has 3 fully saturated rings. The van der Waals surface area contributed by atoms with Gasteiger partial charge in [0.15, 0.2) is 6.23 Å². The number of hydrogen-bond acceptors (Lipinski definition) is 6. The van der Waals surface area contributed by atoms with Crippen LogP contribution in [0.25, 0.3) is 10.8 Å². The molecule has 0 radical (unpaired) electrons. The van der Waals surface area contributed by atoms with Gasteiger partial charge in [-0.05, 0) is 93.4 Å². The smallest absolute Gasteiger partial charge is 0.275 e. The summed E-state index contributed by atoms with van der Waals surface area (Å²) in [7, 11) is 1.66. The second kappa shape index (κ2) is 10.2. The van der Waals surface area contributed by atoms with E-state index in [1.807, 2.05) is 19.2 Å². The summed E-state index contributed by atoms with van der Waals surface area (Å²) in [6, 6.07) is 3.91. The minimum absolute atomic E-state index is 0.0116. The molecule has 1 aliphatic carbocycles. The first-order valence-electron chi connectivity index (χ1n) is 13.9. The van der Waals surface area contributed by atoms with Gasteiger partial charge < -0.3 is 9.64 Å². The molecule has 4 heterocycles. The fraction of sp³-hybridized carbons (Fsp3) is 0.586. The number of hydrogen-bond donors (Lipinski definition) is 0. The third-order valence-corrected chi connectivity index (χ3v) is 9.24. The molecule has 1 unspecified atom stereocenters. The standard InChI is InChI=1S/C29H36ClN5O3/c1-19-22(15-32-35(27(19)36)25-7-3-4-11-38-25)6-5-10-34-17-29(18-34)13-20(14-29)12-21-8-9-24(30)26-23(21)16-31-33(2)28(26)37/h8-9,15-16,20,25H,3-7,10-14,17-18H2,1-2H3. The van der Waals surface area contributed by atoms with Crippen LogP contribution >= 0.6 is 11.6 Å². The van der Waals surface area contributed by atoms with Gasteiger partial charge in [0, 0.05) is 37.7 Å². The number of fused-ring (bicyclic) bond motifs is 1. The van der Waals surface area contributed by atoms with Gasteiger partial charge in [0.2, 0.25) is 0 Å². The lowest BCUT2D eigenvalue weighted by molar-refractivity contribution is -0.0936. The van der Waals surface area contributed by atoms with Gasteiger partial charge in [0.1, 0.15) is 0 Å². The van der Waals surface area contributed by atoms with Crippen molar-refractivity contribution in [2.24, 2.45) is 18.4 Å². The van der Waals surface area contributed by atoms with Crippen molar-refractivity contribution in [2.45, 2.75) is 64.5 Å². The van der Waals surface area contributed by atoms with Crippen LogP contribution in [0.1, 0.15) is 61.4 Å². The van der Waals surface area contributed by atoms with Crippen LogP contribution in [0.3, 0.4) is 0 Å². The molecule has 1 atom stereocenters. The van der Waals surface area contributed by atoms with Crippen LogP contribution in [-0.4, -0.2) is 50.7 Å². The van der Waals surface area contributed by atoms with Crippen LogP contribution in [0.4, 0.5) is 0 Å². The third kappa shape index (κ3) is 4.71. The third-order valence-electron chi connectivity index (χ3n) is 8.92. The van der Waals surface area contributed by atoms with E-state index in [1.54, 1.807) is 13.2 Å². The Labute approximate surface area is 227 Å². The van der Waals surface area contributed by atoms with Gasteiger partial charge in [-0.1, -0.05) is 17.7 Å². The summed E-state index contributed by atoms with van der Waals surface area (Å²) in [5.41, 5.74) is 3.34. The predicted octanol–water partition coefficient (Wildman–Crippen LogP) is 4.04. The number of rotatable bonds is 7. The molecule has 6 rings (SSSR count). The average molecular weight is 538 g/mol. The largest absolute Gasteiger partial charge is 0.356 e. The summed E-state index contributed by atoms with van der Waals surface area (Å²) in [4.78, 5) is 27.9. The molecule has 1 aromatic carbocycles.